The van der Waals surface area contributed by atoms with E-state index in [9.17, 15) is 4.79 Å². The molecule has 1 aliphatic heterocycles. The van der Waals surface area contributed by atoms with Gasteiger partial charge in [-0.2, -0.15) is 0 Å². The number of rotatable bonds is 5. The number of aryl methyl sites for hydroxylation is 1. The van der Waals surface area contributed by atoms with Crippen molar-refractivity contribution in [1.29, 1.82) is 0 Å². The summed E-state index contributed by atoms with van der Waals surface area (Å²) in [5.41, 5.74) is 3.21. The first-order chi connectivity index (χ1) is 12.5. The van der Waals surface area contributed by atoms with Crippen LogP contribution in [0.4, 0.5) is 11.6 Å². The summed E-state index contributed by atoms with van der Waals surface area (Å²) in [4.78, 5) is 25.6. The van der Waals surface area contributed by atoms with Crippen LogP contribution < -0.4 is 15.1 Å². The topological polar surface area (TPSA) is 61.4 Å². The van der Waals surface area contributed by atoms with Crippen molar-refractivity contribution in [1.82, 2.24) is 15.3 Å². The number of aromatic nitrogens is 2. The lowest BCUT2D eigenvalue weighted by atomic mass is 9.97. The normalized spacial score (nSPS) is 17.0. The molecule has 0 aliphatic carbocycles. The van der Waals surface area contributed by atoms with Crippen LogP contribution in [0.3, 0.4) is 0 Å². The van der Waals surface area contributed by atoms with Gasteiger partial charge < -0.3 is 15.1 Å². The smallest absolute Gasteiger partial charge is 0.225 e. The molecule has 1 N–H and O–H groups in total. The minimum Gasteiger partial charge on any atom is -0.378 e. The third kappa shape index (κ3) is 4.50. The lowest BCUT2D eigenvalue weighted by molar-refractivity contribution is -0.125. The van der Waals surface area contributed by atoms with E-state index in [1.165, 1.54) is 0 Å². The van der Waals surface area contributed by atoms with E-state index in [2.05, 4.69) is 49.4 Å². The molecule has 0 radical (unpaired) electrons. The van der Waals surface area contributed by atoms with Crippen molar-refractivity contribution in [3.8, 4) is 0 Å². The zero-order valence-corrected chi connectivity index (χ0v) is 15.8. The van der Waals surface area contributed by atoms with Gasteiger partial charge in [0.1, 0.15) is 0 Å². The Morgan fingerprint density at radius 2 is 2.04 bits per heavy atom. The fraction of sp³-hybridized carbons (Fsp3) is 0.450. The summed E-state index contributed by atoms with van der Waals surface area (Å²) >= 11 is 0. The second kappa shape index (κ2) is 8.17. The van der Waals surface area contributed by atoms with Crippen molar-refractivity contribution in [2.75, 3.05) is 37.0 Å². The Bertz CT molecular complexity index is 744. The molecule has 1 amide bonds. The Morgan fingerprint density at radius 3 is 2.73 bits per heavy atom. The van der Waals surface area contributed by atoms with Crippen LogP contribution in [0.15, 0.2) is 36.5 Å². The Morgan fingerprint density at radius 1 is 1.27 bits per heavy atom. The number of piperidine rings is 1. The van der Waals surface area contributed by atoms with Crippen LogP contribution in [0.5, 0.6) is 0 Å². The van der Waals surface area contributed by atoms with Gasteiger partial charge in [0, 0.05) is 51.3 Å². The molecule has 0 spiro atoms. The van der Waals surface area contributed by atoms with Crippen molar-refractivity contribution in [2.24, 2.45) is 5.92 Å². The number of amides is 1. The average Bonchev–Trinajstić information content (AvgIpc) is 2.66. The maximum Gasteiger partial charge on any atom is 0.225 e. The van der Waals surface area contributed by atoms with Gasteiger partial charge in [0.2, 0.25) is 11.9 Å². The number of anilines is 2. The Labute approximate surface area is 155 Å². The van der Waals surface area contributed by atoms with Crippen LogP contribution in [-0.2, 0) is 11.3 Å². The predicted octanol–water partition coefficient (Wildman–Crippen LogP) is 2.38. The number of hydrogen-bond acceptors (Lipinski definition) is 5. The molecule has 0 saturated carbocycles. The van der Waals surface area contributed by atoms with Crippen LogP contribution in [0.1, 0.15) is 24.1 Å². The predicted molar refractivity (Wildman–Crippen MR) is 104 cm³/mol. The number of benzene rings is 1. The third-order valence-corrected chi connectivity index (χ3v) is 4.78. The van der Waals surface area contributed by atoms with Gasteiger partial charge in [-0.3, -0.25) is 4.79 Å². The first-order valence-corrected chi connectivity index (χ1v) is 9.11. The fourth-order valence-electron chi connectivity index (χ4n) is 3.21. The van der Waals surface area contributed by atoms with Crippen molar-refractivity contribution in [2.45, 2.75) is 26.3 Å². The van der Waals surface area contributed by atoms with E-state index in [0.29, 0.717) is 13.1 Å². The van der Waals surface area contributed by atoms with Crippen LogP contribution in [0, 0.1) is 12.8 Å². The second-order valence-electron chi connectivity index (χ2n) is 7.06. The van der Waals surface area contributed by atoms with E-state index in [1.807, 2.05) is 27.1 Å². The van der Waals surface area contributed by atoms with Gasteiger partial charge >= 0.3 is 0 Å². The van der Waals surface area contributed by atoms with E-state index < -0.39 is 0 Å². The first-order valence-electron chi connectivity index (χ1n) is 9.11. The maximum absolute atomic E-state index is 12.6. The first kappa shape index (κ1) is 18.2. The van der Waals surface area contributed by atoms with E-state index in [1.54, 1.807) is 6.20 Å². The van der Waals surface area contributed by atoms with Gasteiger partial charge in [0.25, 0.3) is 0 Å². The largest absolute Gasteiger partial charge is 0.378 e. The molecule has 2 aromatic rings. The summed E-state index contributed by atoms with van der Waals surface area (Å²) in [6.07, 6.45) is 3.67. The molecule has 1 unspecified atom stereocenters. The van der Waals surface area contributed by atoms with Crippen LogP contribution in [-0.4, -0.2) is 43.1 Å². The molecule has 1 fully saturated rings. The van der Waals surface area contributed by atoms with Crippen LogP contribution in [0.25, 0.3) is 0 Å². The zero-order chi connectivity index (χ0) is 18.5. The number of nitrogens with one attached hydrogen (secondary N) is 1. The number of carbonyl (C=O) groups excluding carboxylic acids is 1. The van der Waals surface area contributed by atoms with E-state index >= 15 is 0 Å². The van der Waals surface area contributed by atoms with Gasteiger partial charge in [-0.05, 0) is 43.5 Å². The maximum atomic E-state index is 12.6. The molecule has 6 nitrogen and oxygen atoms in total. The Balaban J connectivity index is 1.55. The SMILES string of the molecule is Cc1ccnc(N2CCCC(C(=O)NCc3ccc(N(C)C)cc3)C2)n1. The van der Waals surface area contributed by atoms with E-state index in [0.717, 1.165) is 42.3 Å². The molecule has 1 atom stereocenters. The van der Waals surface area contributed by atoms with Crippen LogP contribution in [0.2, 0.25) is 0 Å². The molecule has 3 rings (SSSR count). The van der Waals surface area contributed by atoms with Gasteiger partial charge in [-0.25, -0.2) is 9.97 Å². The molecule has 138 valence electrons. The van der Waals surface area contributed by atoms with Gasteiger partial charge in [0.15, 0.2) is 0 Å². The molecule has 0 bridgehead atoms. The van der Waals surface area contributed by atoms with Gasteiger partial charge in [-0.15, -0.1) is 0 Å². The molecular weight excluding hydrogens is 326 g/mol. The third-order valence-electron chi connectivity index (χ3n) is 4.78. The summed E-state index contributed by atoms with van der Waals surface area (Å²) in [6.45, 7) is 4.10. The standard InChI is InChI=1S/C20H27N5O/c1-15-10-11-21-20(23-15)25-12-4-5-17(14-25)19(26)22-13-16-6-8-18(9-7-16)24(2)3/h6-11,17H,4-5,12-14H2,1-3H3,(H,22,26). The Kier molecular flexibility index (Phi) is 5.71. The lowest BCUT2D eigenvalue weighted by Crippen LogP contribution is -2.43. The second-order valence-corrected chi connectivity index (χ2v) is 7.06. The molecule has 1 aromatic heterocycles. The molecule has 1 aromatic carbocycles. The minimum atomic E-state index is -0.0195. The summed E-state index contributed by atoms with van der Waals surface area (Å²) < 4.78 is 0. The average molecular weight is 353 g/mol. The summed E-state index contributed by atoms with van der Waals surface area (Å²) in [5, 5.41) is 3.08. The fourth-order valence-corrected chi connectivity index (χ4v) is 3.21. The van der Waals surface area contributed by atoms with Crippen molar-refractivity contribution in [3.63, 3.8) is 0 Å². The minimum absolute atomic E-state index is 0.0195. The summed E-state index contributed by atoms with van der Waals surface area (Å²) in [7, 11) is 4.03. The highest BCUT2D eigenvalue weighted by Gasteiger charge is 2.27. The molecule has 1 saturated heterocycles. The molecule has 6 heteroatoms. The highest BCUT2D eigenvalue weighted by molar-refractivity contribution is 5.79. The highest BCUT2D eigenvalue weighted by atomic mass is 16.1. The number of nitrogens with zero attached hydrogens (tertiary/aromatic N) is 4. The monoisotopic (exact) mass is 353 g/mol. The van der Waals surface area contributed by atoms with Crippen molar-refractivity contribution in [3.05, 3.63) is 47.8 Å². The van der Waals surface area contributed by atoms with Crippen molar-refractivity contribution < 1.29 is 4.79 Å². The van der Waals surface area contributed by atoms with Crippen molar-refractivity contribution >= 4 is 17.5 Å². The van der Waals surface area contributed by atoms with E-state index in [-0.39, 0.29) is 11.8 Å². The number of carbonyl (C=O) groups is 1. The van der Waals surface area contributed by atoms with Gasteiger partial charge in [-0.1, -0.05) is 12.1 Å². The summed E-state index contributed by atoms with van der Waals surface area (Å²) in [5.74, 6) is 0.815. The molecule has 1 aliphatic rings. The lowest BCUT2D eigenvalue weighted by Gasteiger charge is -2.32. The zero-order valence-electron chi connectivity index (χ0n) is 15.8. The molecule has 2 heterocycles. The number of hydrogen-bond donors (Lipinski definition) is 1. The quantitative estimate of drug-likeness (QED) is 0.894. The summed E-state index contributed by atoms with van der Waals surface area (Å²) in [6, 6.07) is 10.1. The van der Waals surface area contributed by atoms with E-state index in [4.69, 9.17) is 0 Å². The van der Waals surface area contributed by atoms with Gasteiger partial charge in [0.05, 0.1) is 5.92 Å². The van der Waals surface area contributed by atoms with Crippen LogP contribution >= 0.6 is 0 Å². The highest BCUT2D eigenvalue weighted by Crippen LogP contribution is 2.21. The Hall–Kier alpha value is -2.63. The molecule has 26 heavy (non-hydrogen) atoms. The molecular formula is C20H27N5O.